The maximum atomic E-state index is 5.61. The highest BCUT2D eigenvalue weighted by Gasteiger charge is 2.12. The Morgan fingerprint density at radius 3 is 2.63 bits per heavy atom. The minimum absolute atomic E-state index is 0.344. The number of aromatic nitrogens is 2. The van der Waals surface area contributed by atoms with Crippen LogP contribution in [0.25, 0.3) is 0 Å². The second kappa shape index (κ2) is 9.10. The third-order valence-electron chi connectivity index (χ3n) is 3.51. The summed E-state index contributed by atoms with van der Waals surface area (Å²) in [4.78, 5) is 0. The number of hydrogen-bond acceptors (Lipinski definition) is 3. The van der Waals surface area contributed by atoms with Gasteiger partial charge in [-0.3, -0.25) is 4.68 Å². The van der Waals surface area contributed by atoms with Crippen molar-refractivity contribution in [2.24, 2.45) is 0 Å². The van der Waals surface area contributed by atoms with Crippen LogP contribution < -0.4 is 5.32 Å². The fraction of sp³-hybridized carbons (Fsp3) is 0.800. The first-order chi connectivity index (χ1) is 9.24. The number of likely N-dealkylation sites (N-methyl/N-ethyl adjacent to an activating group) is 1. The molecule has 1 N–H and O–H groups in total. The van der Waals surface area contributed by atoms with Gasteiger partial charge in [0.25, 0.3) is 0 Å². The lowest BCUT2D eigenvalue weighted by Gasteiger charge is -2.15. The smallest absolute Gasteiger partial charge is 0.0641 e. The van der Waals surface area contributed by atoms with Crippen LogP contribution in [0.3, 0.4) is 0 Å². The summed E-state index contributed by atoms with van der Waals surface area (Å²) in [5.74, 6) is 0. The molecule has 1 aromatic rings. The molecular weight excluding hydrogens is 238 g/mol. The molecule has 4 nitrogen and oxygen atoms in total. The van der Waals surface area contributed by atoms with Gasteiger partial charge < -0.3 is 10.1 Å². The molecule has 0 aliphatic carbocycles. The second-order valence-electron chi connectivity index (χ2n) is 5.02. The van der Waals surface area contributed by atoms with Gasteiger partial charge >= 0.3 is 0 Å². The van der Waals surface area contributed by atoms with E-state index in [0.29, 0.717) is 12.1 Å². The molecule has 0 amide bonds. The van der Waals surface area contributed by atoms with Gasteiger partial charge in [-0.25, -0.2) is 0 Å². The quantitative estimate of drug-likeness (QED) is 0.663. The van der Waals surface area contributed by atoms with Crippen LogP contribution in [0.4, 0.5) is 0 Å². The van der Waals surface area contributed by atoms with E-state index in [4.69, 9.17) is 4.74 Å². The first-order valence-electron chi connectivity index (χ1n) is 7.54. The predicted molar refractivity (Wildman–Crippen MR) is 79.5 cm³/mol. The Bertz CT molecular complexity index is 334. The van der Waals surface area contributed by atoms with Gasteiger partial charge in [0, 0.05) is 25.3 Å². The van der Waals surface area contributed by atoms with Crippen molar-refractivity contribution in [3.63, 3.8) is 0 Å². The first kappa shape index (κ1) is 16.2. The van der Waals surface area contributed by atoms with Gasteiger partial charge in [-0.1, -0.05) is 20.8 Å². The van der Waals surface area contributed by atoms with Crippen molar-refractivity contribution in [2.75, 3.05) is 20.3 Å². The van der Waals surface area contributed by atoms with Crippen LogP contribution in [0.5, 0.6) is 0 Å². The molecule has 1 heterocycles. The zero-order valence-corrected chi connectivity index (χ0v) is 12.9. The molecule has 0 bridgehead atoms. The van der Waals surface area contributed by atoms with E-state index < -0.39 is 0 Å². The lowest BCUT2D eigenvalue weighted by atomic mass is 10.2. The summed E-state index contributed by atoms with van der Waals surface area (Å²) in [5.41, 5.74) is 1.14. The fourth-order valence-electron chi connectivity index (χ4n) is 2.22. The maximum absolute atomic E-state index is 5.61. The van der Waals surface area contributed by atoms with E-state index in [2.05, 4.69) is 48.1 Å². The van der Waals surface area contributed by atoms with Crippen molar-refractivity contribution >= 4 is 0 Å². The van der Waals surface area contributed by atoms with Crippen molar-refractivity contribution in [3.05, 3.63) is 18.0 Å². The van der Waals surface area contributed by atoms with E-state index >= 15 is 0 Å². The highest BCUT2D eigenvalue weighted by molar-refractivity contribution is 5.02. The molecule has 0 saturated carbocycles. The maximum Gasteiger partial charge on any atom is 0.0641 e. The fourth-order valence-corrected chi connectivity index (χ4v) is 2.22. The zero-order chi connectivity index (χ0) is 14.1. The van der Waals surface area contributed by atoms with Crippen molar-refractivity contribution in [1.29, 1.82) is 0 Å². The van der Waals surface area contributed by atoms with Gasteiger partial charge in [0.05, 0.1) is 18.3 Å². The average molecular weight is 267 g/mol. The highest BCUT2D eigenvalue weighted by Crippen LogP contribution is 2.15. The van der Waals surface area contributed by atoms with Crippen LogP contribution in [0.15, 0.2) is 12.3 Å². The SMILES string of the molecule is CCCOCC(Cc1ccn(C(CC)CC)n1)NC. The minimum Gasteiger partial charge on any atom is -0.380 e. The molecule has 0 radical (unpaired) electrons. The highest BCUT2D eigenvalue weighted by atomic mass is 16.5. The molecule has 19 heavy (non-hydrogen) atoms. The van der Waals surface area contributed by atoms with Crippen molar-refractivity contribution in [2.45, 2.75) is 58.5 Å². The number of hydrogen-bond donors (Lipinski definition) is 1. The Balaban J connectivity index is 2.50. The van der Waals surface area contributed by atoms with E-state index in [-0.39, 0.29) is 0 Å². The summed E-state index contributed by atoms with van der Waals surface area (Å²) < 4.78 is 7.71. The lowest BCUT2D eigenvalue weighted by molar-refractivity contribution is 0.113. The summed E-state index contributed by atoms with van der Waals surface area (Å²) in [6, 6.07) is 3.00. The Hall–Kier alpha value is -0.870. The third-order valence-corrected chi connectivity index (χ3v) is 3.51. The van der Waals surface area contributed by atoms with Crippen molar-refractivity contribution < 1.29 is 4.74 Å². The van der Waals surface area contributed by atoms with Crippen molar-refractivity contribution in [3.8, 4) is 0 Å². The summed E-state index contributed by atoms with van der Waals surface area (Å²) >= 11 is 0. The Morgan fingerprint density at radius 1 is 1.32 bits per heavy atom. The van der Waals surface area contributed by atoms with E-state index in [1.165, 1.54) is 0 Å². The number of rotatable bonds is 10. The van der Waals surface area contributed by atoms with Crippen LogP contribution in [0.1, 0.15) is 51.8 Å². The van der Waals surface area contributed by atoms with Crippen LogP contribution in [0.2, 0.25) is 0 Å². The molecule has 110 valence electrons. The molecule has 1 unspecified atom stereocenters. The predicted octanol–water partition coefficient (Wildman–Crippen LogP) is 2.80. The molecule has 0 spiro atoms. The Labute approximate surface area is 117 Å². The molecule has 1 rings (SSSR count). The molecule has 0 aromatic carbocycles. The monoisotopic (exact) mass is 267 g/mol. The van der Waals surface area contributed by atoms with E-state index in [1.54, 1.807) is 0 Å². The topological polar surface area (TPSA) is 39.1 Å². The van der Waals surface area contributed by atoms with Gasteiger partial charge in [0.15, 0.2) is 0 Å². The van der Waals surface area contributed by atoms with Crippen LogP contribution >= 0.6 is 0 Å². The van der Waals surface area contributed by atoms with Crippen LogP contribution in [-0.2, 0) is 11.2 Å². The Kier molecular flexibility index (Phi) is 7.75. The number of ether oxygens (including phenoxy) is 1. The van der Waals surface area contributed by atoms with Crippen LogP contribution in [-0.4, -0.2) is 36.1 Å². The van der Waals surface area contributed by atoms with Gasteiger partial charge in [0.1, 0.15) is 0 Å². The summed E-state index contributed by atoms with van der Waals surface area (Å²) in [5, 5.41) is 7.99. The molecule has 4 heteroatoms. The molecule has 0 saturated heterocycles. The van der Waals surface area contributed by atoms with Gasteiger partial charge in [-0.2, -0.15) is 5.10 Å². The molecule has 0 fully saturated rings. The average Bonchev–Trinajstić information content (AvgIpc) is 2.88. The van der Waals surface area contributed by atoms with Crippen LogP contribution in [0, 0.1) is 0 Å². The molecule has 1 atom stereocenters. The lowest BCUT2D eigenvalue weighted by Crippen LogP contribution is -2.32. The largest absolute Gasteiger partial charge is 0.380 e. The standard InChI is InChI=1S/C15H29N3O/c1-5-10-19-12-14(16-4)11-13-8-9-18(17-13)15(6-2)7-3/h8-9,14-16H,5-7,10-12H2,1-4H3. The molecule has 0 aliphatic heterocycles. The van der Waals surface area contributed by atoms with Gasteiger partial charge in [0.2, 0.25) is 0 Å². The van der Waals surface area contributed by atoms with Gasteiger partial charge in [-0.15, -0.1) is 0 Å². The first-order valence-corrected chi connectivity index (χ1v) is 7.54. The molecule has 0 aliphatic rings. The third kappa shape index (κ3) is 5.33. The van der Waals surface area contributed by atoms with Crippen molar-refractivity contribution in [1.82, 2.24) is 15.1 Å². The molecular formula is C15H29N3O. The number of nitrogens with one attached hydrogen (secondary N) is 1. The van der Waals surface area contributed by atoms with E-state index in [9.17, 15) is 0 Å². The number of nitrogens with zero attached hydrogens (tertiary/aromatic N) is 2. The second-order valence-corrected chi connectivity index (χ2v) is 5.02. The van der Waals surface area contributed by atoms with Gasteiger partial charge in [-0.05, 0) is 32.4 Å². The Morgan fingerprint density at radius 2 is 2.05 bits per heavy atom. The minimum atomic E-state index is 0.344. The summed E-state index contributed by atoms with van der Waals surface area (Å²) in [6.07, 6.45) is 6.36. The summed E-state index contributed by atoms with van der Waals surface area (Å²) in [7, 11) is 1.98. The van der Waals surface area contributed by atoms with E-state index in [1.807, 2.05) is 7.05 Å². The molecule has 1 aromatic heterocycles. The normalized spacial score (nSPS) is 13.1. The summed E-state index contributed by atoms with van der Waals surface area (Å²) in [6.45, 7) is 8.14. The van der Waals surface area contributed by atoms with E-state index in [0.717, 1.165) is 44.6 Å². The zero-order valence-electron chi connectivity index (χ0n) is 12.9.